The summed E-state index contributed by atoms with van der Waals surface area (Å²) in [6.07, 6.45) is 8.36. The molecule has 1 aliphatic rings. The molecule has 0 spiro atoms. The first-order valence-electron chi connectivity index (χ1n) is 5.82. The van der Waals surface area contributed by atoms with Gasteiger partial charge in [-0.15, -0.1) is 0 Å². The van der Waals surface area contributed by atoms with Crippen LogP contribution >= 0.6 is 0 Å². The summed E-state index contributed by atoms with van der Waals surface area (Å²) in [5.74, 6) is 0. The predicted octanol–water partition coefficient (Wildman–Crippen LogP) is 1.99. The van der Waals surface area contributed by atoms with Gasteiger partial charge in [-0.25, -0.2) is 0 Å². The Hall–Kier alpha value is -0.0800. The summed E-state index contributed by atoms with van der Waals surface area (Å²) in [6.45, 7) is 5.41. The van der Waals surface area contributed by atoms with Crippen molar-refractivity contribution in [1.82, 2.24) is 4.90 Å². The Labute approximate surface area is 82.5 Å². The number of nitrogens with two attached hydrogens (primary N) is 1. The highest BCUT2D eigenvalue weighted by atomic mass is 15.2. The van der Waals surface area contributed by atoms with Crippen LogP contribution in [0.1, 0.15) is 45.4 Å². The van der Waals surface area contributed by atoms with Crippen molar-refractivity contribution in [2.24, 2.45) is 5.73 Å². The van der Waals surface area contributed by atoms with Crippen LogP contribution < -0.4 is 5.73 Å². The van der Waals surface area contributed by atoms with Crippen LogP contribution in [0.2, 0.25) is 0 Å². The lowest BCUT2D eigenvalue weighted by molar-refractivity contribution is 0.160. The van der Waals surface area contributed by atoms with Crippen molar-refractivity contribution in [2.45, 2.75) is 51.5 Å². The summed E-state index contributed by atoms with van der Waals surface area (Å²) >= 11 is 0. The molecular weight excluding hydrogens is 160 g/mol. The van der Waals surface area contributed by atoms with Gasteiger partial charge in [0.2, 0.25) is 0 Å². The second-order valence-corrected chi connectivity index (χ2v) is 4.12. The van der Waals surface area contributed by atoms with E-state index in [4.69, 9.17) is 5.73 Å². The van der Waals surface area contributed by atoms with E-state index in [0.717, 1.165) is 19.1 Å². The van der Waals surface area contributed by atoms with E-state index in [0.29, 0.717) is 0 Å². The van der Waals surface area contributed by atoms with E-state index in [1.165, 1.54) is 45.1 Å². The quantitative estimate of drug-likeness (QED) is 0.708. The molecule has 0 aromatic heterocycles. The molecule has 0 aromatic carbocycles. The van der Waals surface area contributed by atoms with Crippen molar-refractivity contribution in [2.75, 3.05) is 19.6 Å². The highest BCUT2D eigenvalue weighted by Crippen LogP contribution is 2.22. The van der Waals surface area contributed by atoms with Crippen LogP contribution in [0, 0.1) is 0 Å². The lowest BCUT2D eigenvalue weighted by Gasteiger charge is -2.33. The molecule has 0 bridgehead atoms. The molecule has 2 heteroatoms. The van der Waals surface area contributed by atoms with E-state index in [1.807, 2.05) is 0 Å². The Morgan fingerprint density at radius 1 is 1.15 bits per heavy atom. The van der Waals surface area contributed by atoms with Crippen molar-refractivity contribution in [1.29, 1.82) is 0 Å². The molecular formula is C11H24N2. The van der Waals surface area contributed by atoms with E-state index in [2.05, 4.69) is 11.8 Å². The minimum absolute atomic E-state index is 0.816. The Bertz CT molecular complexity index is 113. The van der Waals surface area contributed by atoms with Crippen molar-refractivity contribution < 1.29 is 0 Å². The maximum atomic E-state index is 5.62. The second-order valence-electron chi connectivity index (χ2n) is 4.12. The summed E-state index contributed by atoms with van der Waals surface area (Å²) < 4.78 is 0. The number of rotatable bonds is 5. The smallest absolute Gasteiger partial charge is 0.0108 e. The van der Waals surface area contributed by atoms with Crippen molar-refractivity contribution in [3.8, 4) is 0 Å². The molecule has 0 unspecified atom stereocenters. The molecule has 1 fully saturated rings. The summed E-state index contributed by atoms with van der Waals surface area (Å²) in [4.78, 5) is 2.60. The Balaban J connectivity index is 2.32. The molecule has 1 saturated carbocycles. The van der Waals surface area contributed by atoms with Gasteiger partial charge in [-0.2, -0.15) is 0 Å². The molecule has 78 valence electrons. The van der Waals surface area contributed by atoms with Gasteiger partial charge in [-0.3, -0.25) is 4.90 Å². The average Bonchev–Trinajstić information content (AvgIpc) is 2.19. The fourth-order valence-corrected chi connectivity index (χ4v) is 2.38. The molecule has 0 aromatic rings. The number of hydrogen-bond donors (Lipinski definition) is 1. The van der Waals surface area contributed by atoms with Crippen LogP contribution in [0.15, 0.2) is 0 Å². The largest absolute Gasteiger partial charge is 0.329 e. The normalized spacial score (nSPS) is 19.6. The highest BCUT2D eigenvalue weighted by molar-refractivity contribution is 4.75. The van der Waals surface area contributed by atoms with E-state index in [-0.39, 0.29) is 0 Å². The fourth-order valence-electron chi connectivity index (χ4n) is 2.38. The molecule has 0 amide bonds. The molecule has 1 rings (SSSR count). The summed E-state index contributed by atoms with van der Waals surface area (Å²) in [6, 6.07) is 0.845. The van der Waals surface area contributed by atoms with Gasteiger partial charge in [0.05, 0.1) is 0 Å². The topological polar surface area (TPSA) is 29.3 Å². The van der Waals surface area contributed by atoms with Gasteiger partial charge >= 0.3 is 0 Å². The third-order valence-corrected chi connectivity index (χ3v) is 3.02. The van der Waals surface area contributed by atoms with Gasteiger partial charge in [0, 0.05) is 19.1 Å². The van der Waals surface area contributed by atoms with Crippen molar-refractivity contribution in [3.63, 3.8) is 0 Å². The van der Waals surface area contributed by atoms with Gasteiger partial charge in [-0.1, -0.05) is 26.2 Å². The minimum Gasteiger partial charge on any atom is -0.329 e. The molecule has 0 saturated heterocycles. The molecule has 0 radical (unpaired) electrons. The first kappa shape index (κ1) is 11.0. The molecule has 1 aliphatic carbocycles. The molecule has 2 N–H and O–H groups in total. The van der Waals surface area contributed by atoms with Gasteiger partial charge in [-0.05, 0) is 25.8 Å². The first-order valence-corrected chi connectivity index (χ1v) is 5.82. The Morgan fingerprint density at radius 2 is 1.85 bits per heavy atom. The molecule has 2 nitrogen and oxygen atoms in total. The van der Waals surface area contributed by atoms with Crippen LogP contribution in [-0.2, 0) is 0 Å². The van der Waals surface area contributed by atoms with Crippen molar-refractivity contribution >= 4 is 0 Å². The van der Waals surface area contributed by atoms with E-state index in [9.17, 15) is 0 Å². The van der Waals surface area contributed by atoms with Gasteiger partial charge in [0.25, 0.3) is 0 Å². The Kier molecular flexibility index (Phi) is 5.40. The molecule has 0 aliphatic heterocycles. The SMILES string of the molecule is CCCN(CCN)C1CCCCC1. The van der Waals surface area contributed by atoms with Gasteiger partial charge < -0.3 is 5.73 Å². The summed E-state index contributed by atoms with van der Waals surface area (Å²) in [5.41, 5.74) is 5.62. The lowest BCUT2D eigenvalue weighted by Crippen LogP contribution is -2.40. The third kappa shape index (κ3) is 3.65. The summed E-state index contributed by atoms with van der Waals surface area (Å²) in [7, 11) is 0. The minimum atomic E-state index is 0.816. The van der Waals surface area contributed by atoms with Crippen LogP contribution in [-0.4, -0.2) is 30.6 Å². The van der Waals surface area contributed by atoms with E-state index in [1.54, 1.807) is 0 Å². The van der Waals surface area contributed by atoms with E-state index >= 15 is 0 Å². The van der Waals surface area contributed by atoms with Gasteiger partial charge in [0.1, 0.15) is 0 Å². The average molecular weight is 184 g/mol. The first-order chi connectivity index (χ1) is 6.38. The standard InChI is InChI=1S/C11H24N2/c1-2-9-13(10-8-12)11-6-4-3-5-7-11/h11H,2-10,12H2,1H3. The Morgan fingerprint density at radius 3 is 2.38 bits per heavy atom. The maximum absolute atomic E-state index is 5.62. The third-order valence-electron chi connectivity index (χ3n) is 3.02. The fraction of sp³-hybridized carbons (Fsp3) is 1.00. The molecule has 13 heavy (non-hydrogen) atoms. The number of nitrogens with zero attached hydrogens (tertiary/aromatic N) is 1. The second kappa shape index (κ2) is 6.39. The van der Waals surface area contributed by atoms with Crippen LogP contribution in [0.3, 0.4) is 0 Å². The van der Waals surface area contributed by atoms with E-state index < -0.39 is 0 Å². The zero-order valence-corrected chi connectivity index (χ0v) is 8.97. The summed E-state index contributed by atoms with van der Waals surface area (Å²) in [5, 5.41) is 0. The van der Waals surface area contributed by atoms with Crippen LogP contribution in [0.5, 0.6) is 0 Å². The zero-order chi connectivity index (χ0) is 9.52. The molecule has 0 atom stereocenters. The monoisotopic (exact) mass is 184 g/mol. The lowest BCUT2D eigenvalue weighted by atomic mass is 9.94. The van der Waals surface area contributed by atoms with Crippen molar-refractivity contribution in [3.05, 3.63) is 0 Å². The predicted molar refractivity (Wildman–Crippen MR) is 57.8 cm³/mol. The highest BCUT2D eigenvalue weighted by Gasteiger charge is 2.19. The number of hydrogen-bond acceptors (Lipinski definition) is 2. The van der Waals surface area contributed by atoms with Crippen LogP contribution in [0.25, 0.3) is 0 Å². The van der Waals surface area contributed by atoms with Crippen LogP contribution in [0.4, 0.5) is 0 Å². The maximum Gasteiger partial charge on any atom is 0.0108 e. The zero-order valence-electron chi connectivity index (χ0n) is 8.97. The molecule has 0 heterocycles. The van der Waals surface area contributed by atoms with Gasteiger partial charge in [0.15, 0.2) is 0 Å².